The molecule has 0 unspecified atom stereocenters. The summed E-state index contributed by atoms with van der Waals surface area (Å²) in [5, 5.41) is 4.76. The molecule has 2 N–H and O–H groups in total. The Hall–Kier alpha value is -1.60. The number of hydrogen-bond donors (Lipinski definition) is 2. The molecule has 102 valence electrons. The Morgan fingerprint density at radius 3 is 2.68 bits per heavy atom. The molecule has 0 aliphatic heterocycles. The Kier molecular flexibility index (Phi) is 4.06. The molecule has 0 aliphatic rings. The molecule has 0 fully saturated rings. The second-order valence-electron chi connectivity index (χ2n) is 3.93. The molecule has 7 heteroatoms. The first-order valence-electron chi connectivity index (χ1n) is 5.75. The van der Waals surface area contributed by atoms with Gasteiger partial charge in [0, 0.05) is 11.1 Å². The minimum Gasteiger partial charge on any atom is -0.378 e. The van der Waals surface area contributed by atoms with E-state index >= 15 is 0 Å². The smallest absolute Gasteiger partial charge is 0.304 e. The maximum absolute atomic E-state index is 11.9. The fourth-order valence-corrected chi connectivity index (χ4v) is 3.28. The summed E-state index contributed by atoms with van der Waals surface area (Å²) in [7, 11) is -3.26. The second-order valence-corrected chi connectivity index (χ2v) is 7.02. The predicted octanol–water partition coefficient (Wildman–Crippen LogP) is 1.84. The lowest BCUT2D eigenvalue weighted by molar-refractivity contribution is 0.597. The van der Waals surface area contributed by atoms with Crippen molar-refractivity contribution in [1.29, 1.82) is 0 Å². The predicted molar refractivity (Wildman–Crippen MR) is 76.4 cm³/mol. The monoisotopic (exact) mass is 298 g/mol. The van der Waals surface area contributed by atoms with Gasteiger partial charge in [0.2, 0.25) is 0 Å². The molecule has 1 heterocycles. The van der Waals surface area contributed by atoms with Crippen LogP contribution >= 0.6 is 11.3 Å². The highest BCUT2D eigenvalue weighted by Crippen LogP contribution is 2.22. The molecule has 0 atom stereocenters. The number of anilines is 1. The maximum atomic E-state index is 11.9. The van der Waals surface area contributed by atoms with Crippen LogP contribution in [-0.2, 0) is 16.4 Å². The van der Waals surface area contributed by atoms with Crippen LogP contribution in [0.5, 0.6) is 0 Å². The van der Waals surface area contributed by atoms with Crippen LogP contribution in [-0.4, -0.2) is 19.2 Å². The first-order valence-corrected chi connectivity index (χ1v) is 8.28. The number of aromatic nitrogens is 1. The molecule has 0 saturated heterocycles. The van der Waals surface area contributed by atoms with E-state index in [2.05, 4.69) is 10.3 Å². The standard InChI is InChI=1S/C12H14N2O3S2/c1-2-19(16,17)11-6-4-3-5-10(11)13-7-9-8-18-12(15)14-9/h3-6,8,13H,2,7H2,1H3,(H,14,15). The van der Waals surface area contributed by atoms with Crippen molar-refractivity contribution in [3.8, 4) is 0 Å². The fourth-order valence-electron chi connectivity index (χ4n) is 1.63. The van der Waals surface area contributed by atoms with E-state index in [-0.39, 0.29) is 15.5 Å². The summed E-state index contributed by atoms with van der Waals surface area (Å²) < 4.78 is 23.9. The minimum atomic E-state index is -3.26. The molecule has 0 saturated carbocycles. The molecular weight excluding hydrogens is 284 g/mol. The highest BCUT2D eigenvalue weighted by molar-refractivity contribution is 7.91. The van der Waals surface area contributed by atoms with Crippen molar-refractivity contribution in [2.24, 2.45) is 0 Å². The molecule has 5 nitrogen and oxygen atoms in total. The van der Waals surface area contributed by atoms with Crippen molar-refractivity contribution < 1.29 is 8.42 Å². The van der Waals surface area contributed by atoms with Crippen LogP contribution in [0.2, 0.25) is 0 Å². The third kappa shape index (κ3) is 3.24. The number of thiazole rings is 1. The van der Waals surface area contributed by atoms with E-state index in [1.807, 2.05) is 0 Å². The Morgan fingerprint density at radius 1 is 1.32 bits per heavy atom. The largest absolute Gasteiger partial charge is 0.378 e. The van der Waals surface area contributed by atoms with Gasteiger partial charge in [0.25, 0.3) is 0 Å². The number of nitrogens with one attached hydrogen (secondary N) is 2. The molecule has 0 bridgehead atoms. The van der Waals surface area contributed by atoms with E-state index in [1.165, 1.54) is 0 Å². The first-order chi connectivity index (χ1) is 9.03. The topological polar surface area (TPSA) is 79.0 Å². The molecule has 19 heavy (non-hydrogen) atoms. The van der Waals surface area contributed by atoms with E-state index in [0.29, 0.717) is 12.2 Å². The Balaban J connectivity index is 2.24. The average molecular weight is 298 g/mol. The normalized spacial score (nSPS) is 11.4. The molecule has 0 amide bonds. The Bertz CT molecular complexity index is 716. The summed E-state index contributed by atoms with van der Waals surface area (Å²) in [4.78, 5) is 13.9. The van der Waals surface area contributed by atoms with Gasteiger partial charge in [-0.1, -0.05) is 30.4 Å². The van der Waals surface area contributed by atoms with Crippen molar-refractivity contribution in [3.63, 3.8) is 0 Å². The number of sulfone groups is 1. The fraction of sp³-hybridized carbons (Fsp3) is 0.250. The lowest BCUT2D eigenvalue weighted by Crippen LogP contribution is -2.09. The second kappa shape index (κ2) is 5.58. The summed E-state index contributed by atoms with van der Waals surface area (Å²) in [5.41, 5.74) is 1.29. The number of benzene rings is 1. The van der Waals surface area contributed by atoms with Gasteiger partial charge in [-0.25, -0.2) is 8.42 Å². The van der Waals surface area contributed by atoms with Gasteiger partial charge in [0.1, 0.15) is 0 Å². The highest BCUT2D eigenvalue weighted by atomic mass is 32.2. The van der Waals surface area contributed by atoms with Crippen LogP contribution < -0.4 is 10.2 Å². The summed E-state index contributed by atoms with van der Waals surface area (Å²) in [5.74, 6) is 0.0565. The van der Waals surface area contributed by atoms with Crippen LogP contribution in [0.3, 0.4) is 0 Å². The van der Waals surface area contributed by atoms with Gasteiger partial charge in [0.15, 0.2) is 9.84 Å². The zero-order chi connectivity index (χ0) is 13.9. The van der Waals surface area contributed by atoms with Gasteiger partial charge in [-0.05, 0) is 12.1 Å². The van der Waals surface area contributed by atoms with Gasteiger partial charge >= 0.3 is 4.87 Å². The summed E-state index contributed by atoms with van der Waals surface area (Å²) in [6, 6.07) is 6.76. The lowest BCUT2D eigenvalue weighted by atomic mass is 10.3. The van der Waals surface area contributed by atoms with Crippen molar-refractivity contribution in [1.82, 2.24) is 4.98 Å². The van der Waals surface area contributed by atoms with Crippen LogP contribution in [0.15, 0.2) is 39.3 Å². The van der Waals surface area contributed by atoms with Gasteiger partial charge < -0.3 is 10.3 Å². The zero-order valence-electron chi connectivity index (χ0n) is 10.3. The molecule has 1 aromatic carbocycles. The number of hydrogen-bond acceptors (Lipinski definition) is 5. The average Bonchev–Trinajstić information content (AvgIpc) is 2.82. The van der Waals surface area contributed by atoms with Crippen molar-refractivity contribution in [2.75, 3.05) is 11.1 Å². The van der Waals surface area contributed by atoms with Crippen molar-refractivity contribution in [2.45, 2.75) is 18.4 Å². The number of aromatic amines is 1. The van der Waals surface area contributed by atoms with E-state index < -0.39 is 9.84 Å². The molecule has 1 aromatic heterocycles. The third-order valence-electron chi connectivity index (χ3n) is 2.64. The van der Waals surface area contributed by atoms with Crippen molar-refractivity contribution >= 4 is 26.9 Å². The first kappa shape index (κ1) is 13.8. The van der Waals surface area contributed by atoms with Gasteiger partial charge in [-0.2, -0.15) is 0 Å². The molecule has 2 aromatic rings. The molecule has 0 spiro atoms. The van der Waals surface area contributed by atoms with Crippen LogP contribution in [0.4, 0.5) is 5.69 Å². The zero-order valence-corrected chi connectivity index (χ0v) is 12.0. The minimum absolute atomic E-state index is 0.0565. The van der Waals surface area contributed by atoms with Crippen LogP contribution in [0, 0.1) is 0 Å². The summed E-state index contributed by atoms with van der Waals surface area (Å²) >= 11 is 1.08. The van der Waals surface area contributed by atoms with Crippen LogP contribution in [0.1, 0.15) is 12.6 Å². The van der Waals surface area contributed by atoms with E-state index in [0.717, 1.165) is 17.0 Å². The third-order valence-corrected chi connectivity index (χ3v) is 5.15. The Labute approximate surface area is 115 Å². The van der Waals surface area contributed by atoms with Gasteiger partial charge in [0.05, 0.1) is 22.9 Å². The lowest BCUT2D eigenvalue weighted by Gasteiger charge is -2.10. The Morgan fingerprint density at radius 2 is 2.05 bits per heavy atom. The number of H-pyrrole nitrogens is 1. The van der Waals surface area contributed by atoms with E-state index in [1.54, 1.807) is 36.6 Å². The number of para-hydroxylation sites is 1. The molecule has 0 radical (unpaired) electrons. The molecule has 0 aliphatic carbocycles. The maximum Gasteiger partial charge on any atom is 0.304 e. The van der Waals surface area contributed by atoms with Gasteiger partial charge in [-0.3, -0.25) is 4.79 Å². The van der Waals surface area contributed by atoms with Crippen LogP contribution in [0.25, 0.3) is 0 Å². The van der Waals surface area contributed by atoms with Crippen molar-refractivity contribution in [3.05, 3.63) is 45.0 Å². The summed E-state index contributed by atoms with van der Waals surface area (Å²) in [6.07, 6.45) is 0. The molecule has 2 rings (SSSR count). The highest BCUT2D eigenvalue weighted by Gasteiger charge is 2.15. The summed E-state index contributed by atoms with van der Waals surface area (Å²) in [6.45, 7) is 2.00. The SMILES string of the molecule is CCS(=O)(=O)c1ccccc1NCc1csc(=O)[nH]1. The molecular formula is C12H14N2O3S2. The van der Waals surface area contributed by atoms with E-state index in [9.17, 15) is 13.2 Å². The quantitative estimate of drug-likeness (QED) is 0.883. The van der Waals surface area contributed by atoms with E-state index in [4.69, 9.17) is 0 Å². The van der Waals surface area contributed by atoms with Gasteiger partial charge in [-0.15, -0.1) is 0 Å². The number of rotatable bonds is 5.